The minimum Gasteiger partial charge on any atom is -0.482 e. The van der Waals surface area contributed by atoms with Gasteiger partial charge < -0.3 is 10.1 Å². The van der Waals surface area contributed by atoms with E-state index < -0.39 is 0 Å². The molecule has 2 aromatic heterocycles. The number of nitrogens with one attached hydrogen (secondary N) is 1. The summed E-state index contributed by atoms with van der Waals surface area (Å²) in [6.45, 7) is 0.0965. The van der Waals surface area contributed by atoms with Crippen LogP contribution in [0.1, 0.15) is 5.69 Å². The molecule has 24 heavy (non-hydrogen) atoms. The van der Waals surface area contributed by atoms with Crippen LogP contribution >= 0.6 is 0 Å². The second-order valence-electron chi connectivity index (χ2n) is 5.18. The SMILES string of the molecule is Cn1nc(CNC(=O)COc2cccnc2)c2ccccc2c1=O. The molecule has 122 valence electrons. The second kappa shape index (κ2) is 6.91. The molecule has 0 saturated heterocycles. The van der Waals surface area contributed by atoms with E-state index in [1.54, 1.807) is 37.5 Å². The molecule has 7 nitrogen and oxygen atoms in total. The first-order chi connectivity index (χ1) is 11.6. The normalized spacial score (nSPS) is 10.5. The van der Waals surface area contributed by atoms with Crippen LogP contribution in [0, 0.1) is 0 Å². The van der Waals surface area contributed by atoms with E-state index in [-0.39, 0.29) is 24.6 Å². The Kier molecular flexibility index (Phi) is 4.51. The lowest BCUT2D eigenvalue weighted by Crippen LogP contribution is -2.30. The molecule has 0 fully saturated rings. The highest BCUT2D eigenvalue weighted by molar-refractivity contribution is 5.84. The number of carbonyl (C=O) groups is 1. The van der Waals surface area contributed by atoms with Crippen molar-refractivity contribution in [1.29, 1.82) is 0 Å². The number of rotatable bonds is 5. The number of benzene rings is 1. The number of aryl methyl sites for hydroxylation is 1. The van der Waals surface area contributed by atoms with Gasteiger partial charge in [-0.15, -0.1) is 0 Å². The number of ether oxygens (including phenoxy) is 1. The van der Waals surface area contributed by atoms with E-state index in [1.807, 2.05) is 12.1 Å². The monoisotopic (exact) mass is 324 g/mol. The first-order valence-corrected chi connectivity index (χ1v) is 7.39. The summed E-state index contributed by atoms with van der Waals surface area (Å²) >= 11 is 0. The van der Waals surface area contributed by atoms with Crippen molar-refractivity contribution in [3.05, 3.63) is 64.8 Å². The van der Waals surface area contributed by atoms with Gasteiger partial charge in [0.1, 0.15) is 5.75 Å². The lowest BCUT2D eigenvalue weighted by atomic mass is 10.1. The smallest absolute Gasteiger partial charge is 0.274 e. The molecule has 0 radical (unpaired) electrons. The van der Waals surface area contributed by atoms with Crippen molar-refractivity contribution in [3.63, 3.8) is 0 Å². The summed E-state index contributed by atoms with van der Waals surface area (Å²) in [5.41, 5.74) is 0.461. The maximum absolute atomic E-state index is 12.1. The molecule has 1 N–H and O–H groups in total. The van der Waals surface area contributed by atoms with Gasteiger partial charge >= 0.3 is 0 Å². The van der Waals surface area contributed by atoms with Gasteiger partial charge in [0.25, 0.3) is 11.5 Å². The average molecular weight is 324 g/mol. The van der Waals surface area contributed by atoms with Crippen molar-refractivity contribution >= 4 is 16.7 Å². The molecule has 0 aliphatic heterocycles. The van der Waals surface area contributed by atoms with Crippen molar-refractivity contribution in [2.75, 3.05) is 6.61 Å². The lowest BCUT2D eigenvalue weighted by Gasteiger charge is -2.10. The Hall–Kier alpha value is -3.22. The number of hydrogen-bond acceptors (Lipinski definition) is 5. The summed E-state index contributed by atoms with van der Waals surface area (Å²) in [4.78, 5) is 27.9. The van der Waals surface area contributed by atoms with Crippen LogP contribution in [0.5, 0.6) is 5.75 Å². The van der Waals surface area contributed by atoms with Crippen LogP contribution in [0.3, 0.4) is 0 Å². The molecule has 0 bridgehead atoms. The van der Waals surface area contributed by atoms with Gasteiger partial charge in [0.05, 0.1) is 23.8 Å². The van der Waals surface area contributed by atoms with E-state index in [4.69, 9.17) is 4.74 Å². The van der Waals surface area contributed by atoms with Gasteiger partial charge in [0.2, 0.25) is 0 Å². The van der Waals surface area contributed by atoms with Crippen LogP contribution in [-0.4, -0.2) is 27.3 Å². The van der Waals surface area contributed by atoms with E-state index in [9.17, 15) is 9.59 Å². The highest BCUT2D eigenvalue weighted by Gasteiger charge is 2.10. The van der Waals surface area contributed by atoms with E-state index in [0.717, 1.165) is 5.39 Å². The van der Waals surface area contributed by atoms with Gasteiger partial charge in [-0.2, -0.15) is 5.10 Å². The number of nitrogens with zero attached hydrogens (tertiary/aromatic N) is 3. The zero-order chi connectivity index (χ0) is 16.9. The molecule has 0 spiro atoms. The lowest BCUT2D eigenvalue weighted by molar-refractivity contribution is -0.123. The summed E-state index contributed by atoms with van der Waals surface area (Å²) in [6.07, 6.45) is 3.17. The van der Waals surface area contributed by atoms with Crippen molar-refractivity contribution in [1.82, 2.24) is 20.1 Å². The number of fused-ring (bicyclic) bond motifs is 1. The van der Waals surface area contributed by atoms with Gasteiger partial charge in [-0.1, -0.05) is 18.2 Å². The number of aromatic nitrogens is 3. The Morgan fingerprint density at radius 1 is 1.21 bits per heavy atom. The minimum absolute atomic E-state index is 0.116. The van der Waals surface area contributed by atoms with Gasteiger partial charge in [0, 0.05) is 18.6 Å². The number of carbonyl (C=O) groups excluding carboxylic acids is 1. The van der Waals surface area contributed by atoms with Crippen LogP contribution in [0.25, 0.3) is 10.8 Å². The fourth-order valence-corrected chi connectivity index (χ4v) is 2.32. The third-order valence-corrected chi connectivity index (χ3v) is 3.49. The molecular weight excluding hydrogens is 308 g/mol. The number of hydrogen-bond donors (Lipinski definition) is 1. The van der Waals surface area contributed by atoms with E-state index in [1.165, 1.54) is 10.9 Å². The Morgan fingerprint density at radius 2 is 2.00 bits per heavy atom. The zero-order valence-corrected chi connectivity index (χ0v) is 13.1. The molecule has 0 aliphatic carbocycles. The highest BCUT2D eigenvalue weighted by Crippen LogP contribution is 2.12. The minimum atomic E-state index is -0.279. The van der Waals surface area contributed by atoms with Crippen molar-refractivity contribution in [3.8, 4) is 5.75 Å². The number of amides is 1. The number of pyridine rings is 1. The topological polar surface area (TPSA) is 86.1 Å². The fourth-order valence-electron chi connectivity index (χ4n) is 2.32. The Labute approximate surface area is 137 Å². The fraction of sp³-hybridized carbons (Fsp3) is 0.176. The Morgan fingerprint density at radius 3 is 2.75 bits per heavy atom. The van der Waals surface area contributed by atoms with Gasteiger partial charge in [-0.05, 0) is 18.2 Å². The van der Waals surface area contributed by atoms with Crippen LogP contribution in [-0.2, 0) is 18.4 Å². The average Bonchev–Trinajstić information content (AvgIpc) is 2.62. The molecule has 7 heteroatoms. The van der Waals surface area contributed by atoms with Crippen molar-refractivity contribution in [2.24, 2.45) is 7.05 Å². The molecule has 3 rings (SSSR count). The quantitative estimate of drug-likeness (QED) is 0.757. The van der Waals surface area contributed by atoms with E-state index in [2.05, 4.69) is 15.4 Å². The maximum Gasteiger partial charge on any atom is 0.274 e. The standard InChI is InChI=1S/C17H16N4O3/c1-21-17(23)14-7-3-2-6-13(14)15(20-21)10-19-16(22)11-24-12-5-4-8-18-9-12/h2-9H,10-11H2,1H3,(H,19,22). The second-order valence-corrected chi connectivity index (χ2v) is 5.18. The molecule has 2 heterocycles. The Bertz CT molecular complexity index is 922. The molecule has 1 amide bonds. The van der Waals surface area contributed by atoms with Gasteiger partial charge in [0.15, 0.2) is 6.61 Å². The predicted octanol–water partition coefficient (Wildman–Crippen LogP) is 1.02. The predicted molar refractivity (Wildman–Crippen MR) is 88.6 cm³/mol. The highest BCUT2D eigenvalue weighted by atomic mass is 16.5. The first kappa shape index (κ1) is 15.7. The molecule has 0 atom stereocenters. The maximum atomic E-state index is 12.1. The molecule has 0 saturated carbocycles. The molecule has 1 aromatic carbocycles. The molecule has 0 aliphatic rings. The summed E-state index contributed by atoms with van der Waals surface area (Å²) in [7, 11) is 1.59. The van der Waals surface area contributed by atoms with E-state index >= 15 is 0 Å². The van der Waals surface area contributed by atoms with Crippen molar-refractivity contribution < 1.29 is 9.53 Å². The van der Waals surface area contributed by atoms with Crippen LogP contribution in [0.2, 0.25) is 0 Å². The van der Waals surface area contributed by atoms with Gasteiger partial charge in [-0.3, -0.25) is 14.6 Å². The van der Waals surface area contributed by atoms with Crippen molar-refractivity contribution in [2.45, 2.75) is 6.54 Å². The third kappa shape index (κ3) is 3.40. The van der Waals surface area contributed by atoms with Crippen LogP contribution in [0.4, 0.5) is 0 Å². The molecule has 3 aromatic rings. The third-order valence-electron chi connectivity index (χ3n) is 3.49. The summed E-state index contributed by atoms with van der Waals surface area (Å²) in [5, 5.41) is 8.28. The molecular formula is C17H16N4O3. The summed E-state index contributed by atoms with van der Waals surface area (Å²) in [5.74, 6) is 0.247. The zero-order valence-electron chi connectivity index (χ0n) is 13.1. The van der Waals surface area contributed by atoms with E-state index in [0.29, 0.717) is 16.8 Å². The van der Waals surface area contributed by atoms with Crippen LogP contribution in [0.15, 0.2) is 53.6 Å². The van der Waals surface area contributed by atoms with Gasteiger partial charge in [-0.25, -0.2) is 4.68 Å². The molecule has 0 unspecified atom stereocenters. The Balaban J connectivity index is 1.68. The largest absolute Gasteiger partial charge is 0.482 e. The summed E-state index contributed by atoms with van der Waals surface area (Å²) in [6, 6.07) is 10.7. The van der Waals surface area contributed by atoms with Crippen LogP contribution < -0.4 is 15.6 Å². The summed E-state index contributed by atoms with van der Waals surface area (Å²) < 4.78 is 6.61. The first-order valence-electron chi connectivity index (χ1n) is 7.39.